The maximum atomic E-state index is 13.4. The molecule has 11 nitrogen and oxygen atoms in total. The van der Waals surface area contributed by atoms with E-state index in [0.29, 0.717) is 0 Å². The molecule has 1 aliphatic heterocycles. The minimum Gasteiger partial charge on any atom is -0.507 e. The molecule has 8 N–H and O–H groups in total. The first-order valence-electron chi connectivity index (χ1n) is 12.1. The molecular formula is C26H29NO10. The molecule has 11 heteroatoms. The van der Waals surface area contributed by atoms with Gasteiger partial charge in [0.1, 0.15) is 23.4 Å². The highest BCUT2D eigenvalue weighted by atomic mass is 16.7. The smallest absolute Gasteiger partial charge is 0.202 e. The molecule has 2 aromatic rings. The number of benzene rings is 2. The van der Waals surface area contributed by atoms with Crippen LogP contribution in [0, 0.1) is 0 Å². The lowest BCUT2D eigenvalue weighted by Crippen LogP contribution is -2.52. The van der Waals surface area contributed by atoms with Crippen molar-refractivity contribution in [2.24, 2.45) is 5.73 Å². The number of hydrogen-bond donors (Lipinski definition) is 7. The number of phenolic OH excluding ortho intramolecular Hbond substituents is 3. The number of ether oxygens (including phenoxy) is 2. The number of rotatable bonds is 3. The largest absolute Gasteiger partial charge is 0.507 e. The summed E-state index contributed by atoms with van der Waals surface area (Å²) in [6, 6.07) is 3.20. The molecule has 0 saturated carbocycles. The van der Waals surface area contributed by atoms with E-state index in [1.165, 1.54) is 18.2 Å². The normalized spacial score (nSPS) is 33.0. The molecule has 1 fully saturated rings. The van der Waals surface area contributed by atoms with Gasteiger partial charge in [-0.3, -0.25) is 9.59 Å². The third kappa shape index (κ3) is 3.65. The number of aliphatic hydroxyl groups is 3. The first-order valence-corrected chi connectivity index (χ1v) is 12.1. The van der Waals surface area contributed by atoms with Crippen LogP contribution in [-0.2, 0) is 9.47 Å². The second kappa shape index (κ2) is 8.76. The highest BCUT2D eigenvalue weighted by Crippen LogP contribution is 2.56. The fourth-order valence-electron chi connectivity index (χ4n) is 5.65. The van der Waals surface area contributed by atoms with E-state index in [1.807, 2.05) is 0 Å². The standard InChI is InChI=1S/C26H29NO10/c1-3-26(35)8-13(37-14-7-11(27)20(29)9(2)36-14)16-19(25(26)34)24(33)17-18(23(16)32)22(31)15-10(21(17)30)5-4-6-12(15)28/h4-6,9,11,13-14,20,25,28-29,32-35H,3,7-8,27H2,1-2H3/t9-,11-,13-,14-,20+,25-,26+/m0/s1. The Bertz CT molecular complexity index is 1300. The van der Waals surface area contributed by atoms with E-state index in [9.17, 15) is 40.2 Å². The van der Waals surface area contributed by atoms with Gasteiger partial charge in [0, 0.05) is 35.6 Å². The Kier molecular flexibility index (Phi) is 6.06. The predicted molar refractivity (Wildman–Crippen MR) is 126 cm³/mol. The van der Waals surface area contributed by atoms with Crippen molar-refractivity contribution in [3.63, 3.8) is 0 Å². The van der Waals surface area contributed by atoms with Gasteiger partial charge in [-0.25, -0.2) is 0 Å². The number of nitrogens with two attached hydrogens (primary N) is 1. The van der Waals surface area contributed by atoms with Crippen molar-refractivity contribution in [2.75, 3.05) is 0 Å². The van der Waals surface area contributed by atoms with E-state index < -0.39 is 82.3 Å². The molecule has 2 aromatic carbocycles. The van der Waals surface area contributed by atoms with E-state index >= 15 is 0 Å². The minimum atomic E-state index is -1.82. The topological polar surface area (TPSA) is 200 Å². The third-order valence-electron chi connectivity index (χ3n) is 7.81. The number of aromatic hydroxyl groups is 3. The molecule has 0 aromatic heterocycles. The van der Waals surface area contributed by atoms with Crippen LogP contribution in [0.4, 0.5) is 0 Å². The fourth-order valence-corrected chi connectivity index (χ4v) is 5.65. The summed E-state index contributed by atoms with van der Waals surface area (Å²) in [5, 5.41) is 65.4. The Morgan fingerprint density at radius 1 is 1.05 bits per heavy atom. The fraction of sp³-hybridized carbons (Fsp3) is 0.462. The van der Waals surface area contributed by atoms with Gasteiger partial charge in [0.25, 0.3) is 0 Å². The molecule has 198 valence electrons. The van der Waals surface area contributed by atoms with Crippen LogP contribution in [0.3, 0.4) is 0 Å². The van der Waals surface area contributed by atoms with Gasteiger partial charge in [-0.1, -0.05) is 19.1 Å². The van der Waals surface area contributed by atoms with E-state index in [0.717, 1.165) is 0 Å². The summed E-state index contributed by atoms with van der Waals surface area (Å²) in [4.78, 5) is 26.7. The summed E-state index contributed by atoms with van der Waals surface area (Å²) in [6.07, 6.45) is -5.69. The summed E-state index contributed by atoms with van der Waals surface area (Å²) in [7, 11) is 0. The molecule has 0 radical (unpaired) electrons. The molecule has 1 saturated heterocycles. The number of ketones is 2. The molecule has 7 atom stereocenters. The van der Waals surface area contributed by atoms with Crippen LogP contribution in [-0.4, -0.2) is 72.3 Å². The molecule has 0 amide bonds. The Morgan fingerprint density at radius 3 is 2.35 bits per heavy atom. The van der Waals surface area contributed by atoms with Crippen molar-refractivity contribution in [3.05, 3.63) is 51.6 Å². The highest BCUT2D eigenvalue weighted by molar-refractivity contribution is 6.31. The van der Waals surface area contributed by atoms with Gasteiger partial charge in [-0.05, 0) is 19.4 Å². The van der Waals surface area contributed by atoms with Gasteiger partial charge >= 0.3 is 0 Å². The number of phenols is 3. The van der Waals surface area contributed by atoms with Crippen molar-refractivity contribution >= 4 is 11.6 Å². The van der Waals surface area contributed by atoms with Gasteiger partial charge in [0.15, 0.2) is 12.1 Å². The van der Waals surface area contributed by atoms with Crippen LogP contribution in [0.15, 0.2) is 18.2 Å². The summed E-state index contributed by atoms with van der Waals surface area (Å²) >= 11 is 0. The monoisotopic (exact) mass is 515 g/mol. The molecule has 2 aliphatic carbocycles. The Morgan fingerprint density at radius 2 is 1.70 bits per heavy atom. The number of carbonyl (C=O) groups excluding carboxylic acids is 2. The van der Waals surface area contributed by atoms with Gasteiger partial charge in [0.05, 0.1) is 40.6 Å². The van der Waals surface area contributed by atoms with E-state index in [2.05, 4.69) is 0 Å². The lowest BCUT2D eigenvalue weighted by molar-refractivity contribution is -0.252. The van der Waals surface area contributed by atoms with Crippen molar-refractivity contribution < 1.29 is 49.7 Å². The van der Waals surface area contributed by atoms with Gasteiger partial charge in [-0.15, -0.1) is 0 Å². The minimum absolute atomic E-state index is 0.0223. The molecule has 0 bridgehead atoms. The second-order valence-corrected chi connectivity index (χ2v) is 9.98. The van der Waals surface area contributed by atoms with Gasteiger partial charge in [-0.2, -0.15) is 0 Å². The summed E-state index contributed by atoms with van der Waals surface area (Å²) in [5.41, 5.74) is 2.09. The molecule has 0 unspecified atom stereocenters. The molecule has 37 heavy (non-hydrogen) atoms. The van der Waals surface area contributed by atoms with Gasteiger partial charge in [0.2, 0.25) is 5.78 Å². The first-order chi connectivity index (χ1) is 17.4. The Labute approximate surface area is 211 Å². The van der Waals surface area contributed by atoms with Crippen LogP contribution in [0.1, 0.15) is 88.3 Å². The summed E-state index contributed by atoms with van der Waals surface area (Å²) in [5.74, 6) is -3.69. The van der Waals surface area contributed by atoms with Crippen molar-refractivity contribution in [2.45, 2.75) is 75.5 Å². The maximum absolute atomic E-state index is 13.4. The number of carbonyl (C=O) groups is 2. The van der Waals surface area contributed by atoms with Crippen molar-refractivity contribution in [1.29, 1.82) is 0 Å². The zero-order valence-electron chi connectivity index (χ0n) is 20.2. The van der Waals surface area contributed by atoms with Crippen LogP contribution >= 0.6 is 0 Å². The molecular weight excluding hydrogens is 486 g/mol. The zero-order chi connectivity index (χ0) is 27.0. The predicted octanol–water partition coefficient (Wildman–Crippen LogP) is 1.04. The van der Waals surface area contributed by atoms with Crippen LogP contribution in [0.25, 0.3) is 0 Å². The number of fused-ring (bicyclic) bond motifs is 3. The molecule has 3 aliphatic rings. The molecule has 0 spiro atoms. The first kappa shape index (κ1) is 25.6. The lowest BCUT2D eigenvalue weighted by atomic mass is 9.70. The number of aliphatic hydroxyl groups excluding tert-OH is 2. The maximum Gasteiger partial charge on any atom is 0.202 e. The molecule has 1 heterocycles. The summed E-state index contributed by atoms with van der Waals surface area (Å²) in [6.45, 7) is 3.22. The third-order valence-corrected chi connectivity index (χ3v) is 7.81. The van der Waals surface area contributed by atoms with Crippen molar-refractivity contribution in [1.82, 2.24) is 0 Å². The van der Waals surface area contributed by atoms with E-state index in [-0.39, 0.29) is 41.5 Å². The van der Waals surface area contributed by atoms with E-state index in [4.69, 9.17) is 15.2 Å². The SMILES string of the molecule is CC[C@@]1(O)C[C@H](O[C@H]2C[C@H](N)[C@H](O)[C@H](C)O2)c2c(O)c3c(c(O)c2[C@@H]1O)C(=O)c1cccc(O)c1C3=O. The Hall–Kier alpha value is -3.06. The molecule has 5 rings (SSSR count). The van der Waals surface area contributed by atoms with E-state index in [1.54, 1.807) is 13.8 Å². The average molecular weight is 516 g/mol. The highest BCUT2D eigenvalue weighted by Gasteiger charge is 2.51. The van der Waals surface area contributed by atoms with Crippen LogP contribution < -0.4 is 5.73 Å². The zero-order valence-corrected chi connectivity index (χ0v) is 20.2. The van der Waals surface area contributed by atoms with Crippen LogP contribution in [0.2, 0.25) is 0 Å². The second-order valence-electron chi connectivity index (χ2n) is 9.98. The lowest BCUT2D eigenvalue weighted by Gasteiger charge is -2.44. The van der Waals surface area contributed by atoms with Crippen LogP contribution in [0.5, 0.6) is 17.2 Å². The summed E-state index contributed by atoms with van der Waals surface area (Å²) < 4.78 is 11.8. The number of hydrogen-bond acceptors (Lipinski definition) is 11. The average Bonchev–Trinajstić information content (AvgIpc) is 2.85. The van der Waals surface area contributed by atoms with Crippen molar-refractivity contribution in [3.8, 4) is 17.2 Å². The quantitative estimate of drug-likeness (QED) is 0.246. The van der Waals surface area contributed by atoms with Gasteiger partial charge < -0.3 is 45.8 Å². The Balaban J connectivity index is 1.69.